The maximum Gasteiger partial charge on any atom is 0.241 e. The van der Waals surface area contributed by atoms with Crippen LogP contribution in [-0.4, -0.2) is 47.2 Å². The van der Waals surface area contributed by atoms with Gasteiger partial charge in [-0.3, -0.25) is 24.1 Å². The van der Waals surface area contributed by atoms with Crippen LogP contribution in [0.3, 0.4) is 0 Å². The van der Waals surface area contributed by atoms with E-state index in [1.807, 2.05) is 13.8 Å². The van der Waals surface area contributed by atoms with Crippen LogP contribution in [0.1, 0.15) is 91.9 Å². The first-order valence-corrected chi connectivity index (χ1v) is 13.1. The fraction of sp³-hybridized carbons (Fsp3) is 0.846. The second-order valence-electron chi connectivity index (χ2n) is 11.2. The number of β-lactam (4-membered cyclic amide) rings is 2. The van der Waals surface area contributed by atoms with Gasteiger partial charge in [0, 0.05) is 31.0 Å². The number of carbonyl (C=O) groups excluding carboxylic acids is 4. The Morgan fingerprint density at radius 2 is 1.67 bits per heavy atom. The highest BCUT2D eigenvalue weighted by molar-refractivity contribution is 6.17. The first-order valence-electron chi connectivity index (χ1n) is 13.1. The Labute approximate surface area is 198 Å². The number of hydrogen-bond acceptors (Lipinski definition) is 4. The molecule has 3 atom stereocenters. The van der Waals surface area contributed by atoms with Crippen molar-refractivity contribution in [2.75, 3.05) is 6.54 Å². The molecule has 33 heavy (non-hydrogen) atoms. The lowest BCUT2D eigenvalue weighted by molar-refractivity contribution is -0.168. The third-order valence-electron chi connectivity index (χ3n) is 8.00. The van der Waals surface area contributed by atoms with Crippen LogP contribution in [0.15, 0.2) is 0 Å². The summed E-state index contributed by atoms with van der Waals surface area (Å²) in [5.41, 5.74) is 0. The van der Waals surface area contributed by atoms with Gasteiger partial charge in [0.2, 0.25) is 23.6 Å². The van der Waals surface area contributed by atoms with E-state index in [1.165, 1.54) is 11.3 Å². The van der Waals surface area contributed by atoms with Crippen LogP contribution in [-0.2, 0) is 19.2 Å². The molecule has 2 saturated carbocycles. The van der Waals surface area contributed by atoms with Crippen LogP contribution in [0, 0.1) is 29.6 Å². The van der Waals surface area contributed by atoms with Crippen LogP contribution >= 0.6 is 0 Å². The van der Waals surface area contributed by atoms with Gasteiger partial charge < -0.3 is 10.6 Å². The van der Waals surface area contributed by atoms with Crippen molar-refractivity contribution in [3.63, 3.8) is 0 Å². The van der Waals surface area contributed by atoms with Crippen molar-refractivity contribution in [3.8, 4) is 0 Å². The van der Waals surface area contributed by atoms with Crippen molar-refractivity contribution >= 4 is 23.6 Å². The minimum Gasteiger partial charge on any atom is -0.354 e. The predicted molar refractivity (Wildman–Crippen MR) is 127 cm³/mol. The monoisotopic (exact) mass is 461 g/mol. The Morgan fingerprint density at radius 3 is 2.21 bits per heavy atom. The number of nitrogens with zero attached hydrogens (tertiary/aromatic N) is 1. The molecule has 3 rings (SSSR count). The Bertz CT molecular complexity index is 713. The molecular weight excluding hydrogens is 418 g/mol. The highest BCUT2D eigenvalue weighted by Gasteiger charge is 2.47. The summed E-state index contributed by atoms with van der Waals surface area (Å²) < 4.78 is 0. The lowest BCUT2D eigenvalue weighted by Gasteiger charge is -2.43. The van der Waals surface area contributed by atoms with Crippen molar-refractivity contribution in [2.45, 2.75) is 104 Å². The molecule has 1 aliphatic heterocycles. The van der Waals surface area contributed by atoms with Crippen molar-refractivity contribution < 1.29 is 19.2 Å². The van der Waals surface area contributed by atoms with Gasteiger partial charge in [0.25, 0.3) is 0 Å². The van der Waals surface area contributed by atoms with E-state index in [-0.39, 0.29) is 42.1 Å². The molecule has 0 aromatic heterocycles. The molecule has 0 aromatic rings. The zero-order chi connectivity index (χ0) is 24.1. The molecular formula is C26H43N3O4. The lowest BCUT2D eigenvalue weighted by Crippen LogP contribution is -2.59. The largest absolute Gasteiger partial charge is 0.354 e. The molecule has 4 amide bonds. The van der Waals surface area contributed by atoms with Crippen LogP contribution in [0.25, 0.3) is 0 Å². The molecule has 2 aliphatic carbocycles. The molecule has 1 heterocycles. The van der Waals surface area contributed by atoms with E-state index in [9.17, 15) is 19.2 Å². The van der Waals surface area contributed by atoms with E-state index in [0.717, 1.165) is 32.1 Å². The summed E-state index contributed by atoms with van der Waals surface area (Å²) >= 11 is 0. The Balaban J connectivity index is 1.45. The average molecular weight is 462 g/mol. The smallest absolute Gasteiger partial charge is 0.241 e. The number of carbonyl (C=O) groups is 4. The number of imide groups is 1. The third kappa shape index (κ3) is 6.80. The molecule has 0 aromatic carbocycles. The van der Waals surface area contributed by atoms with Crippen LogP contribution in [0.5, 0.6) is 0 Å². The maximum absolute atomic E-state index is 12.7. The number of likely N-dealkylation sites (tertiary alicyclic amines) is 1. The van der Waals surface area contributed by atoms with Crippen molar-refractivity contribution in [2.24, 2.45) is 29.6 Å². The molecule has 0 spiro atoms. The molecule has 2 N–H and O–H groups in total. The van der Waals surface area contributed by atoms with E-state index in [0.29, 0.717) is 43.6 Å². The Kier molecular flexibility index (Phi) is 8.94. The Hall–Kier alpha value is -1.92. The van der Waals surface area contributed by atoms with Gasteiger partial charge in [-0.1, -0.05) is 26.7 Å². The zero-order valence-corrected chi connectivity index (χ0v) is 20.9. The summed E-state index contributed by atoms with van der Waals surface area (Å²) in [5.74, 6) is 0.436. The van der Waals surface area contributed by atoms with Crippen molar-refractivity contribution in [1.29, 1.82) is 0 Å². The first-order chi connectivity index (χ1) is 15.7. The highest BCUT2D eigenvalue weighted by Crippen LogP contribution is 2.37. The van der Waals surface area contributed by atoms with E-state index >= 15 is 0 Å². The quantitative estimate of drug-likeness (QED) is 0.364. The summed E-state index contributed by atoms with van der Waals surface area (Å²) in [6.45, 7) is 8.79. The van der Waals surface area contributed by atoms with Gasteiger partial charge >= 0.3 is 0 Å². The number of amides is 4. The molecule has 7 nitrogen and oxygen atoms in total. The minimum absolute atomic E-state index is 0.000126. The Morgan fingerprint density at radius 1 is 1.00 bits per heavy atom. The molecule has 0 radical (unpaired) electrons. The van der Waals surface area contributed by atoms with Crippen LogP contribution in [0.2, 0.25) is 0 Å². The minimum atomic E-state index is -0.563. The average Bonchev–Trinajstić information content (AvgIpc) is 2.75. The third-order valence-corrected chi connectivity index (χ3v) is 8.00. The maximum atomic E-state index is 12.7. The van der Waals surface area contributed by atoms with Crippen LogP contribution in [0.4, 0.5) is 0 Å². The van der Waals surface area contributed by atoms with E-state index in [1.54, 1.807) is 0 Å². The number of hydrogen-bond donors (Lipinski definition) is 2. The summed E-state index contributed by atoms with van der Waals surface area (Å²) in [5, 5.41) is 6.04. The molecule has 3 aliphatic rings. The fourth-order valence-electron chi connectivity index (χ4n) is 5.40. The number of rotatable bonds is 11. The second kappa shape index (κ2) is 11.5. The van der Waals surface area contributed by atoms with Gasteiger partial charge in [-0.25, -0.2) is 0 Å². The van der Waals surface area contributed by atoms with E-state index in [2.05, 4.69) is 24.5 Å². The fourth-order valence-corrected chi connectivity index (χ4v) is 5.40. The molecule has 186 valence electrons. The molecule has 7 heteroatoms. The summed E-state index contributed by atoms with van der Waals surface area (Å²) in [7, 11) is 0. The predicted octanol–water partition coefficient (Wildman–Crippen LogP) is 3.41. The summed E-state index contributed by atoms with van der Waals surface area (Å²) in [4.78, 5) is 51.8. The topological polar surface area (TPSA) is 95.6 Å². The van der Waals surface area contributed by atoms with E-state index < -0.39 is 11.8 Å². The molecule has 3 unspecified atom stereocenters. The van der Waals surface area contributed by atoms with Gasteiger partial charge in [-0.05, 0) is 76.5 Å². The van der Waals surface area contributed by atoms with Gasteiger partial charge in [-0.15, -0.1) is 0 Å². The highest BCUT2D eigenvalue weighted by atomic mass is 16.2. The summed E-state index contributed by atoms with van der Waals surface area (Å²) in [6.07, 6.45) is 8.23. The van der Waals surface area contributed by atoms with Gasteiger partial charge in [0.1, 0.15) is 5.92 Å². The van der Waals surface area contributed by atoms with Gasteiger partial charge in [0.05, 0.1) is 0 Å². The van der Waals surface area contributed by atoms with Crippen molar-refractivity contribution in [3.05, 3.63) is 0 Å². The lowest BCUT2D eigenvalue weighted by atomic mass is 9.74. The normalized spacial score (nSPS) is 28.8. The molecule has 0 bridgehead atoms. The molecule has 1 saturated heterocycles. The van der Waals surface area contributed by atoms with Gasteiger partial charge in [-0.2, -0.15) is 0 Å². The number of nitrogens with one attached hydrogen (secondary N) is 2. The van der Waals surface area contributed by atoms with Gasteiger partial charge in [0.15, 0.2) is 0 Å². The van der Waals surface area contributed by atoms with Crippen LogP contribution < -0.4 is 10.6 Å². The zero-order valence-electron chi connectivity index (χ0n) is 20.9. The first kappa shape index (κ1) is 25.7. The van der Waals surface area contributed by atoms with E-state index in [4.69, 9.17) is 0 Å². The second-order valence-corrected chi connectivity index (χ2v) is 11.2. The molecule has 3 fully saturated rings. The standard InChI is InChI=1S/C26H43N3O4/c1-16(2)27-24(31)19(14-23(30)28-21-12-8-17(3)9-13-21)6-5-7-22-25(32)29(26(22)33)15-20-11-10-18(20)4/h16-22H,5-15H2,1-4H3,(H,27,31)(H,28,30). The summed E-state index contributed by atoms with van der Waals surface area (Å²) in [6, 6.07) is 0.206. The van der Waals surface area contributed by atoms with Crippen molar-refractivity contribution in [1.82, 2.24) is 15.5 Å². The SMILES string of the molecule is CC1CCC(NC(=O)CC(CCCC2C(=O)N(CC3CCC3C)C2=O)C(=O)NC(C)C)CC1.